The fourth-order valence-electron chi connectivity index (χ4n) is 1.49. The molecule has 0 bridgehead atoms. The van der Waals surface area contributed by atoms with E-state index in [1.54, 1.807) is 12.1 Å². The van der Waals surface area contributed by atoms with Gasteiger partial charge in [-0.2, -0.15) is 0 Å². The van der Waals surface area contributed by atoms with E-state index in [9.17, 15) is 4.79 Å². The van der Waals surface area contributed by atoms with Crippen molar-refractivity contribution in [2.45, 2.75) is 6.92 Å². The summed E-state index contributed by atoms with van der Waals surface area (Å²) in [7, 11) is 1.53. The zero-order chi connectivity index (χ0) is 15.0. The SMILES string of the molecule is CCOCCOc1c(Br)cc(/C=C/C(=O)O)cc1OC. The molecule has 110 valence electrons. The average molecular weight is 345 g/mol. The Morgan fingerprint density at radius 1 is 1.40 bits per heavy atom. The number of carboxylic acid groups (broad SMARTS) is 1. The molecule has 0 atom stereocenters. The van der Waals surface area contributed by atoms with E-state index in [0.29, 0.717) is 41.4 Å². The minimum absolute atomic E-state index is 0.410. The molecule has 0 saturated carbocycles. The second kappa shape index (κ2) is 8.60. The van der Waals surface area contributed by atoms with Gasteiger partial charge in [-0.15, -0.1) is 0 Å². The zero-order valence-corrected chi connectivity index (χ0v) is 13.0. The molecule has 0 heterocycles. The number of benzene rings is 1. The molecule has 0 aliphatic heterocycles. The molecule has 1 N–H and O–H groups in total. The Morgan fingerprint density at radius 3 is 2.75 bits per heavy atom. The molecule has 0 saturated heterocycles. The second-order valence-corrected chi connectivity index (χ2v) is 4.61. The number of methoxy groups -OCH3 is 1. The lowest BCUT2D eigenvalue weighted by molar-refractivity contribution is -0.131. The van der Waals surface area contributed by atoms with Gasteiger partial charge < -0.3 is 19.3 Å². The summed E-state index contributed by atoms with van der Waals surface area (Å²) < 4.78 is 16.8. The largest absolute Gasteiger partial charge is 0.493 e. The predicted octanol–water partition coefficient (Wildman–Crippen LogP) is 2.97. The summed E-state index contributed by atoms with van der Waals surface area (Å²) in [5.41, 5.74) is 0.702. The van der Waals surface area contributed by atoms with E-state index in [4.69, 9.17) is 19.3 Å². The number of rotatable bonds is 8. The summed E-state index contributed by atoms with van der Waals surface area (Å²) in [5.74, 6) is 0.0951. The third-order valence-electron chi connectivity index (χ3n) is 2.35. The Morgan fingerprint density at radius 2 is 2.15 bits per heavy atom. The summed E-state index contributed by atoms with van der Waals surface area (Å²) >= 11 is 3.39. The maximum atomic E-state index is 10.5. The number of hydrogen-bond acceptors (Lipinski definition) is 4. The molecule has 0 unspecified atom stereocenters. The second-order valence-electron chi connectivity index (χ2n) is 3.75. The summed E-state index contributed by atoms with van der Waals surface area (Å²) in [4.78, 5) is 10.5. The highest BCUT2D eigenvalue weighted by molar-refractivity contribution is 9.10. The molecule has 1 aromatic rings. The van der Waals surface area contributed by atoms with Crippen LogP contribution in [-0.2, 0) is 9.53 Å². The van der Waals surface area contributed by atoms with Crippen molar-refractivity contribution in [2.75, 3.05) is 26.9 Å². The van der Waals surface area contributed by atoms with Crippen molar-refractivity contribution in [1.29, 1.82) is 0 Å². The van der Waals surface area contributed by atoms with E-state index >= 15 is 0 Å². The van der Waals surface area contributed by atoms with Crippen molar-refractivity contribution < 1.29 is 24.1 Å². The monoisotopic (exact) mass is 344 g/mol. The molecule has 20 heavy (non-hydrogen) atoms. The highest BCUT2D eigenvalue weighted by atomic mass is 79.9. The van der Waals surface area contributed by atoms with Crippen LogP contribution in [0.4, 0.5) is 0 Å². The van der Waals surface area contributed by atoms with Crippen LogP contribution in [0.2, 0.25) is 0 Å². The van der Waals surface area contributed by atoms with E-state index in [-0.39, 0.29) is 0 Å². The number of carbonyl (C=O) groups is 1. The van der Waals surface area contributed by atoms with Crippen LogP contribution in [-0.4, -0.2) is 38.0 Å². The van der Waals surface area contributed by atoms with Gasteiger partial charge in [-0.1, -0.05) is 0 Å². The first-order chi connectivity index (χ1) is 9.58. The third-order valence-corrected chi connectivity index (χ3v) is 2.94. The predicted molar refractivity (Wildman–Crippen MR) is 79.4 cm³/mol. The van der Waals surface area contributed by atoms with Crippen LogP contribution in [0.15, 0.2) is 22.7 Å². The van der Waals surface area contributed by atoms with E-state index in [1.807, 2.05) is 6.92 Å². The van der Waals surface area contributed by atoms with Crippen LogP contribution in [0.5, 0.6) is 11.5 Å². The van der Waals surface area contributed by atoms with Crippen LogP contribution < -0.4 is 9.47 Å². The summed E-state index contributed by atoms with van der Waals surface area (Å²) in [6, 6.07) is 3.47. The van der Waals surface area contributed by atoms with E-state index in [2.05, 4.69) is 15.9 Å². The number of hydrogen-bond donors (Lipinski definition) is 1. The van der Waals surface area contributed by atoms with E-state index in [0.717, 1.165) is 6.08 Å². The van der Waals surface area contributed by atoms with Crippen LogP contribution >= 0.6 is 15.9 Å². The fourth-order valence-corrected chi connectivity index (χ4v) is 2.06. The molecule has 5 nitrogen and oxygen atoms in total. The van der Waals surface area contributed by atoms with Gasteiger partial charge in [0.25, 0.3) is 0 Å². The topological polar surface area (TPSA) is 65.0 Å². The molecule has 0 aliphatic rings. The summed E-state index contributed by atoms with van der Waals surface area (Å²) in [5, 5.41) is 8.62. The zero-order valence-electron chi connectivity index (χ0n) is 11.4. The highest BCUT2D eigenvalue weighted by Crippen LogP contribution is 2.37. The molecular weight excluding hydrogens is 328 g/mol. The normalized spacial score (nSPS) is 10.8. The molecule has 6 heteroatoms. The minimum atomic E-state index is -1.00. The van der Waals surface area contributed by atoms with Gasteiger partial charge in [0.1, 0.15) is 6.61 Å². The number of halogens is 1. The third kappa shape index (κ3) is 5.22. The van der Waals surface area contributed by atoms with Gasteiger partial charge in [0.15, 0.2) is 11.5 Å². The van der Waals surface area contributed by atoms with Gasteiger partial charge in [0, 0.05) is 12.7 Å². The highest BCUT2D eigenvalue weighted by Gasteiger charge is 2.11. The van der Waals surface area contributed by atoms with Gasteiger partial charge in [0.05, 0.1) is 18.2 Å². The van der Waals surface area contributed by atoms with Crippen molar-refractivity contribution in [1.82, 2.24) is 0 Å². The van der Waals surface area contributed by atoms with E-state index in [1.165, 1.54) is 13.2 Å². The smallest absolute Gasteiger partial charge is 0.328 e. The molecular formula is C14H17BrO5. The summed E-state index contributed by atoms with van der Waals surface area (Å²) in [6.07, 6.45) is 2.55. The number of carboxylic acids is 1. The van der Waals surface area contributed by atoms with Gasteiger partial charge in [0.2, 0.25) is 0 Å². The average Bonchev–Trinajstić information content (AvgIpc) is 2.42. The Balaban J connectivity index is 2.87. The number of ether oxygens (including phenoxy) is 3. The maximum Gasteiger partial charge on any atom is 0.328 e. The summed E-state index contributed by atoms with van der Waals surface area (Å²) in [6.45, 7) is 3.46. The number of aliphatic carboxylic acids is 1. The van der Waals surface area contributed by atoms with Crippen LogP contribution in [0, 0.1) is 0 Å². The fraction of sp³-hybridized carbons (Fsp3) is 0.357. The lowest BCUT2D eigenvalue weighted by atomic mass is 10.2. The van der Waals surface area contributed by atoms with Crippen molar-refractivity contribution in [3.8, 4) is 11.5 Å². The first kappa shape index (κ1) is 16.5. The first-order valence-electron chi connectivity index (χ1n) is 6.07. The lowest BCUT2D eigenvalue weighted by Gasteiger charge is -2.13. The van der Waals surface area contributed by atoms with Crippen molar-refractivity contribution in [3.05, 3.63) is 28.2 Å². The molecule has 0 amide bonds. The molecule has 0 fully saturated rings. The van der Waals surface area contributed by atoms with Gasteiger partial charge in [-0.05, 0) is 46.6 Å². The quantitative estimate of drug-likeness (QED) is 0.580. The van der Waals surface area contributed by atoms with Gasteiger partial charge in [-0.3, -0.25) is 0 Å². The molecule has 0 aromatic heterocycles. The molecule has 0 aliphatic carbocycles. The van der Waals surface area contributed by atoms with Crippen molar-refractivity contribution in [3.63, 3.8) is 0 Å². The molecule has 0 spiro atoms. The Hall–Kier alpha value is -1.53. The van der Waals surface area contributed by atoms with Gasteiger partial charge in [-0.25, -0.2) is 4.79 Å². The molecule has 0 radical (unpaired) electrons. The van der Waals surface area contributed by atoms with E-state index < -0.39 is 5.97 Å². The van der Waals surface area contributed by atoms with Crippen LogP contribution in [0.25, 0.3) is 6.08 Å². The standard InChI is InChI=1S/C14H17BrO5/c1-3-19-6-7-20-14-11(15)8-10(4-5-13(16)17)9-12(14)18-2/h4-5,8-9H,3,6-7H2,1-2H3,(H,16,17)/b5-4+. The minimum Gasteiger partial charge on any atom is -0.493 e. The van der Waals surface area contributed by atoms with Gasteiger partial charge >= 0.3 is 5.97 Å². The Kier molecular flexibility index (Phi) is 7.11. The molecule has 1 aromatic carbocycles. The Labute approximate surface area is 126 Å². The first-order valence-corrected chi connectivity index (χ1v) is 6.86. The molecule has 1 rings (SSSR count). The Bertz CT molecular complexity index is 485. The maximum absolute atomic E-state index is 10.5. The van der Waals surface area contributed by atoms with Crippen molar-refractivity contribution in [2.24, 2.45) is 0 Å². The van der Waals surface area contributed by atoms with Crippen molar-refractivity contribution >= 4 is 28.0 Å². The van der Waals surface area contributed by atoms with Crippen LogP contribution in [0.3, 0.4) is 0 Å². The van der Waals surface area contributed by atoms with Crippen LogP contribution in [0.1, 0.15) is 12.5 Å². The lowest BCUT2D eigenvalue weighted by Crippen LogP contribution is -2.07.